The Hall–Kier alpha value is 0.480. The Morgan fingerprint density at radius 3 is 2.53 bits per heavy atom. The fourth-order valence-electron chi connectivity index (χ4n) is 1.52. The van der Waals surface area contributed by atoms with Gasteiger partial charge in [-0.2, -0.15) is 12.6 Å². The Balaban J connectivity index is 2.29. The minimum Gasteiger partial charge on any atom is -0.319 e. The van der Waals surface area contributed by atoms with Crippen molar-refractivity contribution in [3.63, 3.8) is 0 Å². The van der Waals surface area contributed by atoms with E-state index < -0.39 is 0 Å². The maximum Gasteiger partial charge on any atom is 0.279 e. The third-order valence-corrected chi connectivity index (χ3v) is 3.36. The van der Waals surface area contributed by atoms with Crippen molar-refractivity contribution in [3.8, 4) is 0 Å². The van der Waals surface area contributed by atoms with Gasteiger partial charge >= 0.3 is 0 Å². The summed E-state index contributed by atoms with van der Waals surface area (Å²) in [6, 6.07) is 0.381. The number of rotatable bonds is 6. The topological polar surface area (TPSA) is 23.6 Å². The molecule has 1 aliphatic carbocycles. The van der Waals surface area contributed by atoms with Gasteiger partial charge in [0.15, 0.2) is 0 Å². The van der Waals surface area contributed by atoms with Crippen LogP contribution in [-0.2, 0) is 0 Å². The number of amides is 1. The van der Waals surface area contributed by atoms with Crippen LogP contribution in [0.3, 0.4) is 0 Å². The van der Waals surface area contributed by atoms with E-state index in [-0.39, 0.29) is 10.6 Å². The standard InChI is InChI=1S/C9H18N2OS3/c1-10(15)6-2-3-8(13)11(9(12)14)7-4-5-7/h7-8,13,15H,2-6H2,1H3,(H,12,14). The van der Waals surface area contributed by atoms with Crippen LogP contribution in [0.25, 0.3) is 0 Å². The molecule has 88 valence electrons. The average Bonchev–Trinajstić information content (AvgIpc) is 2.87. The first-order valence-electron chi connectivity index (χ1n) is 5.11. The van der Waals surface area contributed by atoms with Gasteiger partial charge < -0.3 is 4.90 Å². The van der Waals surface area contributed by atoms with Crippen LogP contribution in [0.15, 0.2) is 0 Å². The second kappa shape index (κ2) is 6.27. The molecule has 0 aromatic heterocycles. The van der Waals surface area contributed by atoms with Crippen LogP contribution in [-0.4, -0.2) is 39.5 Å². The Morgan fingerprint density at radius 2 is 2.13 bits per heavy atom. The average molecular weight is 266 g/mol. The molecule has 0 N–H and O–H groups in total. The van der Waals surface area contributed by atoms with Gasteiger partial charge in [0.25, 0.3) is 5.24 Å². The lowest BCUT2D eigenvalue weighted by atomic mass is 10.3. The van der Waals surface area contributed by atoms with Gasteiger partial charge in [0.2, 0.25) is 0 Å². The lowest BCUT2D eigenvalue weighted by Gasteiger charge is -2.27. The summed E-state index contributed by atoms with van der Waals surface area (Å²) < 4.78 is 1.84. The zero-order valence-electron chi connectivity index (χ0n) is 8.83. The van der Waals surface area contributed by atoms with Crippen LogP contribution < -0.4 is 0 Å². The Bertz CT molecular complexity index is 221. The second-order valence-corrected chi connectivity index (χ2v) is 5.59. The van der Waals surface area contributed by atoms with Crippen LogP contribution in [0, 0.1) is 0 Å². The number of hydrogen-bond acceptors (Lipinski definition) is 4. The maximum atomic E-state index is 11.3. The van der Waals surface area contributed by atoms with E-state index in [9.17, 15) is 4.79 Å². The van der Waals surface area contributed by atoms with Crippen molar-refractivity contribution < 1.29 is 4.79 Å². The third-order valence-electron chi connectivity index (χ3n) is 2.43. The normalized spacial score (nSPS) is 17.9. The zero-order chi connectivity index (χ0) is 11.4. The molecule has 6 heteroatoms. The van der Waals surface area contributed by atoms with Crippen LogP contribution >= 0.6 is 38.1 Å². The Labute approximate surface area is 108 Å². The Kier molecular flexibility index (Phi) is 5.66. The van der Waals surface area contributed by atoms with Gasteiger partial charge in [-0.3, -0.25) is 9.10 Å². The van der Waals surface area contributed by atoms with E-state index in [2.05, 4.69) is 38.1 Å². The Morgan fingerprint density at radius 1 is 1.53 bits per heavy atom. The van der Waals surface area contributed by atoms with Gasteiger partial charge in [-0.15, -0.1) is 0 Å². The van der Waals surface area contributed by atoms with Crippen molar-refractivity contribution in [2.24, 2.45) is 0 Å². The molecule has 1 rings (SSSR count). The molecule has 1 fully saturated rings. The molecule has 1 atom stereocenters. The van der Waals surface area contributed by atoms with Gasteiger partial charge in [0.1, 0.15) is 0 Å². The first-order chi connectivity index (χ1) is 7.02. The van der Waals surface area contributed by atoms with E-state index in [0.717, 1.165) is 32.2 Å². The summed E-state index contributed by atoms with van der Waals surface area (Å²) in [5, 5.41) is -0.160. The summed E-state index contributed by atoms with van der Waals surface area (Å²) in [5.74, 6) is 0. The summed E-state index contributed by atoms with van der Waals surface area (Å²) in [5.41, 5.74) is 0. The van der Waals surface area contributed by atoms with Crippen LogP contribution in [0.2, 0.25) is 0 Å². The fraction of sp³-hybridized carbons (Fsp3) is 0.889. The predicted octanol–water partition coefficient (Wildman–Crippen LogP) is 2.31. The highest BCUT2D eigenvalue weighted by atomic mass is 32.1. The second-order valence-electron chi connectivity index (χ2n) is 3.93. The summed E-state index contributed by atoms with van der Waals surface area (Å²) in [6.45, 7) is 0.902. The van der Waals surface area contributed by atoms with Crippen molar-refractivity contribution in [2.45, 2.75) is 37.1 Å². The van der Waals surface area contributed by atoms with E-state index in [4.69, 9.17) is 0 Å². The van der Waals surface area contributed by atoms with Gasteiger partial charge in [-0.1, -0.05) is 25.4 Å². The molecule has 1 saturated carbocycles. The van der Waals surface area contributed by atoms with Gasteiger partial charge in [-0.25, -0.2) is 0 Å². The first-order valence-corrected chi connectivity index (χ1v) is 6.48. The number of carbonyl (C=O) groups is 1. The van der Waals surface area contributed by atoms with E-state index in [1.165, 1.54) is 0 Å². The maximum absolute atomic E-state index is 11.3. The highest BCUT2D eigenvalue weighted by Crippen LogP contribution is 2.32. The summed E-state index contributed by atoms with van der Waals surface area (Å²) in [7, 11) is 1.92. The molecule has 0 bridgehead atoms. The van der Waals surface area contributed by atoms with Crippen molar-refractivity contribution >= 4 is 43.3 Å². The van der Waals surface area contributed by atoms with Crippen molar-refractivity contribution in [1.29, 1.82) is 0 Å². The molecule has 0 radical (unpaired) electrons. The van der Waals surface area contributed by atoms with Crippen molar-refractivity contribution in [2.75, 3.05) is 13.6 Å². The molecular weight excluding hydrogens is 248 g/mol. The molecule has 0 saturated heterocycles. The SMILES string of the molecule is CN(S)CCCC(S)N(C(=O)S)C1CC1. The summed E-state index contributed by atoms with van der Waals surface area (Å²) in [4.78, 5) is 13.1. The van der Waals surface area contributed by atoms with Gasteiger partial charge in [0.05, 0.1) is 5.37 Å². The lowest BCUT2D eigenvalue weighted by Crippen LogP contribution is -2.36. The van der Waals surface area contributed by atoms with E-state index in [1.54, 1.807) is 4.90 Å². The molecule has 0 heterocycles. The molecule has 1 aliphatic rings. The summed E-state index contributed by atoms with van der Waals surface area (Å²) >= 11 is 12.5. The van der Waals surface area contributed by atoms with Crippen molar-refractivity contribution in [3.05, 3.63) is 0 Å². The predicted molar refractivity (Wildman–Crippen MR) is 72.9 cm³/mol. The van der Waals surface area contributed by atoms with E-state index >= 15 is 0 Å². The van der Waals surface area contributed by atoms with Gasteiger partial charge in [0, 0.05) is 12.6 Å². The first kappa shape index (κ1) is 13.5. The molecule has 0 aliphatic heterocycles. The molecule has 0 aromatic carbocycles. The lowest BCUT2D eigenvalue weighted by molar-refractivity contribution is 0.213. The number of thiol groups is 3. The molecule has 0 spiro atoms. The molecule has 15 heavy (non-hydrogen) atoms. The highest BCUT2D eigenvalue weighted by Gasteiger charge is 2.34. The molecule has 0 aromatic rings. The highest BCUT2D eigenvalue weighted by molar-refractivity contribution is 7.96. The molecule has 1 amide bonds. The van der Waals surface area contributed by atoms with Crippen LogP contribution in [0.5, 0.6) is 0 Å². The third kappa shape index (κ3) is 4.89. The summed E-state index contributed by atoms with van der Waals surface area (Å²) in [6.07, 6.45) is 4.06. The quantitative estimate of drug-likeness (QED) is 0.507. The number of carbonyl (C=O) groups excluding carboxylic acids is 1. The van der Waals surface area contributed by atoms with E-state index in [0.29, 0.717) is 6.04 Å². The molecular formula is C9H18N2OS3. The zero-order valence-corrected chi connectivity index (χ0v) is 11.5. The van der Waals surface area contributed by atoms with Crippen LogP contribution in [0.4, 0.5) is 4.79 Å². The minimum atomic E-state index is -0.156. The monoisotopic (exact) mass is 266 g/mol. The number of hydrogen-bond donors (Lipinski definition) is 3. The molecule has 3 nitrogen and oxygen atoms in total. The largest absolute Gasteiger partial charge is 0.319 e. The minimum absolute atomic E-state index is 0.00390. The van der Waals surface area contributed by atoms with Crippen molar-refractivity contribution in [1.82, 2.24) is 9.21 Å². The smallest absolute Gasteiger partial charge is 0.279 e. The van der Waals surface area contributed by atoms with Gasteiger partial charge in [-0.05, 0) is 32.7 Å². The molecule has 1 unspecified atom stereocenters. The van der Waals surface area contributed by atoms with Crippen LogP contribution in [0.1, 0.15) is 25.7 Å². The fourth-order valence-corrected chi connectivity index (χ4v) is 2.53. The van der Waals surface area contributed by atoms with E-state index in [1.807, 2.05) is 11.4 Å². The number of nitrogens with zero attached hydrogens (tertiary/aromatic N) is 2.